The summed E-state index contributed by atoms with van der Waals surface area (Å²) in [7, 11) is 0. The Labute approximate surface area is 174 Å². The average molecular weight is 454 g/mol. The van der Waals surface area contributed by atoms with Gasteiger partial charge in [0.25, 0.3) is 0 Å². The van der Waals surface area contributed by atoms with Crippen LogP contribution < -0.4 is 16.0 Å². The molecule has 3 rings (SSSR count). The van der Waals surface area contributed by atoms with E-state index in [2.05, 4.69) is 16.0 Å². The number of urea groups is 1. The Morgan fingerprint density at radius 2 is 1.87 bits per heavy atom. The molecule has 2 fully saturated rings. The third kappa shape index (κ3) is 5.14. The highest BCUT2D eigenvalue weighted by Gasteiger charge is 2.42. The van der Waals surface area contributed by atoms with Crippen LogP contribution in [-0.4, -0.2) is 30.7 Å². The maximum absolute atomic E-state index is 14.6. The first kappa shape index (κ1) is 22.6. The Hall–Kier alpha value is -2.10. The predicted octanol–water partition coefficient (Wildman–Crippen LogP) is 4.22. The van der Waals surface area contributed by atoms with Gasteiger partial charge in [-0.2, -0.15) is 13.2 Å². The van der Waals surface area contributed by atoms with Gasteiger partial charge in [-0.1, -0.05) is 17.7 Å². The molecule has 1 saturated carbocycles. The van der Waals surface area contributed by atoms with E-state index in [0.29, 0.717) is 0 Å². The number of carbonyl (C=O) groups excluding carboxylic acids is 2. The lowest BCUT2D eigenvalue weighted by molar-refractivity contribution is -0.184. The highest BCUT2D eigenvalue weighted by Crippen LogP contribution is 2.42. The summed E-state index contributed by atoms with van der Waals surface area (Å²) in [6.45, 7) is 0.0424. The minimum absolute atomic E-state index is 0.0376. The summed E-state index contributed by atoms with van der Waals surface area (Å²) in [6, 6.07) is -0.193. The standard InChI is InChI=1S/C19H21ClF5N3O2/c20-15-12(21)6-5-11(16(15)22)13(27-17(29)14-8-26-18(30)28-14)7-9-1-3-10(4-2-9)19(23,24)25/h5-6,9-10,13-14H,1-4,7-8H2,(H,27,29)(H2,26,28,30)/t9-,10+,13-,14+/m1/s1. The molecule has 11 heteroatoms. The van der Waals surface area contributed by atoms with Gasteiger partial charge in [-0.05, 0) is 44.1 Å². The van der Waals surface area contributed by atoms with Crippen LogP contribution in [0.4, 0.5) is 26.7 Å². The molecule has 0 spiro atoms. The van der Waals surface area contributed by atoms with E-state index in [0.717, 1.165) is 12.1 Å². The molecule has 0 bridgehead atoms. The smallest absolute Gasteiger partial charge is 0.347 e. The Bertz CT molecular complexity index is 812. The van der Waals surface area contributed by atoms with E-state index in [-0.39, 0.29) is 50.1 Å². The van der Waals surface area contributed by atoms with E-state index >= 15 is 0 Å². The van der Waals surface area contributed by atoms with Crippen LogP contribution in [0.3, 0.4) is 0 Å². The summed E-state index contributed by atoms with van der Waals surface area (Å²) in [5.74, 6) is -4.12. The molecule has 1 heterocycles. The first-order chi connectivity index (χ1) is 14.1. The van der Waals surface area contributed by atoms with Crippen molar-refractivity contribution in [1.82, 2.24) is 16.0 Å². The number of benzene rings is 1. The van der Waals surface area contributed by atoms with Crippen LogP contribution in [0.1, 0.15) is 43.7 Å². The second-order valence-electron chi connectivity index (χ2n) is 7.73. The zero-order valence-electron chi connectivity index (χ0n) is 15.8. The van der Waals surface area contributed by atoms with Crippen molar-refractivity contribution in [3.05, 3.63) is 34.4 Å². The molecule has 5 nitrogen and oxygen atoms in total. The number of alkyl halides is 3. The van der Waals surface area contributed by atoms with Crippen LogP contribution in [0.5, 0.6) is 0 Å². The SMILES string of the molecule is O=C1NC[C@@H](C(=O)N[C@H](C[C@H]2CC[C@@H](C(F)(F)F)CC2)c2ccc(F)c(Cl)c2F)N1. The van der Waals surface area contributed by atoms with Crippen molar-refractivity contribution in [2.75, 3.05) is 6.54 Å². The molecule has 166 valence electrons. The average Bonchev–Trinajstić information content (AvgIpc) is 3.12. The van der Waals surface area contributed by atoms with Crippen LogP contribution in [0, 0.1) is 23.5 Å². The van der Waals surface area contributed by atoms with E-state index in [1.54, 1.807) is 0 Å². The van der Waals surface area contributed by atoms with Crippen LogP contribution in [-0.2, 0) is 4.79 Å². The third-order valence-electron chi connectivity index (χ3n) is 5.72. The van der Waals surface area contributed by atoms with Gasteiger partial charge in [0.1, 0.15) is 22.7 Å². The number of hydrogen-bond donors (Lipinski definition) is 3. The molecule has 30 heavy (non-hydrogen) atoms. The minimum Gasteiger partial charge on any atom is -0.347 e. The molecule has 1 aromatic carbocycles. The van der Waals surface area contributed by atoms with E-state index in [1.165, 1.54) is 0 Å². The lowest BCUT2D eigenvalue weighted by atomic mass is 9.78. The molecule has 1 aromatic rings. The molecule has 1 aliphatic heterocycles. The largest absolute Gasteiger partial charge is 0.391 e. The van der Waals surface area contributed by atoms with Crippen LogP contribution >= 0.6 is 11.6 Å². The quantitative estimate of drug-likeness (QED) is 0.461. The fraction of sp³-hybridized carbons (Fsp3) is 0.579. The van der Waals surface area contributed by atoms with Gasteiger partial charge in [0, 0.05) is 12.1 Å². The van der Waals surface area contributed by atoms with Gasteiger partial charge in [0.15, 0.2) is 0 Å². The van der Waals surface area contributed by atoms with Crippen molar-refractivity contribution < 1.29 is 31.5 Å². The minimum atomic E-state index is -4.25. The van der Waals surface area contributed by atoms with Gasteiger partial charge in [-0.25, -0.2) is 13.6 Å². The topological polar surface area (TPSA) is 70.2 Å². The lowest BCUT2D eigenvalue weighted by Crippen LogP contribution is -2.45. The zero-order valence-corrected chi connectivity index (χ0v) is 16.5. The summed E-state index contributed by atoms with van der Waals surface area (Å²) < 4.78 is 66.9. The molecular formula is C19H21ClF5N3O2. The Kier molecular flexibility index (Phi) is 6.74. The fourth-order valence-corrected chi connectivity index (χ4v) is 4.19. The number of nitrogens with one attached hydrogen (secondary N) is 3. The summed E-state index contributed by atoms with van der Waals surface area (Å²) in [6.07, 6.45) is -3.61. The van der Waals surface area contributed by atoms with Crippen molar-refractivity contribution in [2.45, 2.75) is 50.4 Å². The third-order valence-corrected chi connectivity index (χ3v) is 6.07. The van der Waals surface area contributed by atoms with E-state index in [9.17, 15) is 31.5 Å². The Morgan fingerprint density at radius 3 is 2.43 bits per heavy atom. The maximum atomic E-state index is 14.6. The number of hydrogen-bond acceptors (Lipinski definition) is 2. The number of rotatable bonds is 5. The van der Waals surface area contributed by atoms with E-state index in [4.69, 9.17) is 11.6 Å². The van der Waals surface area contributed by atoms with Crippen molar-refractivity contribution in [3.8, 4) is 0 Å². The van der Waals surface area contributed by atoms with Crippen LogP contribution in [0.25, 0.3) is 0 Å². The van der Waals surface area contributed by atoms with E-state index in [1.807, 2.05) is 0 Å². The van der Waals surface area contributed by atoms with Gasteiger partial charge in [-0.3, -0.25) is 4.79 Å². The van der Waals surface area contributed by atoms with Gasteiger partial charge in [0.2, 0.25) is 5.91 Å². The second kappa shape index (κ2) is 8.95. The predicted molar refractivity (Wildman–Crippen MR) is 98.7 cm³/mol. The number of amides is 3. The normalized spacial score (nSPS) is 25.4. The molecule has 0 unspecified atom stereocenters. The molecule has 0 radical (unpaired) electrons. The molecule has 2 atom stereocenters. The second-order valence-corrected chi connectivity index (χ2v) is 8.11. The van der Waals surface area contributed by atoms with Crippen LogP contribution in [0.15, 0.2) is 12.1 Å². The van der Waals surface area contributed by atoms with Gasteiger partial charge >= 0.3 is 12.2 Å². The van der Waals surface area contributed by atoms with Crippen LogP contribution in [0.2, 0.25) is 5.02 Å². The fourth-order valence-electron chi connectivity index (χ4n) is 4.02. The van der Waals surface area contributed by atoms with Gasteiger partial charge in [0.05, 0.1) is 12.0 Å². The van der Waals surface area contributed by atoms with Crippen molar-refractivity contribution >= 4 is 23.5 Å². The maximum Gasteiger partial charge on any atom is 0.391 e. The first-order valence-electron chi connectivity index (χ1n) is 9.61. The number of carbonyl (C=O) groups is 2. The molecule has 2 aliphatic rings. The molecule has 0 aromatic heterocycles. The number of halogens is 6. The molecule has 3 amide bonds. The highest BCUT2D eigenvalue weighted by molar-refractivity contribution is 6.31. The van der Waals surface area contributed by atoms with Crippen molar-refractivity contribution in [1.29, 1.82) is 0 Å². The molecule has 3 N–H and O–H groups in total. The highest BCUT2D eigenvalue weighted by atomic mass is 35.5. The molecular weight excluding hydrogens is 433 g/mol. The summed E-state index contributed by atoms with van der Waals surface area (Å²) in [5.41, 5.74) is -0.0509. The molecule has 1 saturated heterocycles. The monoisotopic (exact) mass is 453 g/mol. The summed E-state index contributed by atoms with van der Waals surface area (Å²) in [5, 5.41) is 6.75. The molecule has 1 aliphatic carbocycles. The zero-order chi connectivity index (χ0) is 22.1. The van der Waals surface area contributed by atoms with Crippen molar-refractivity contribution in [2.24, 2.45) is 11.8 Å². The van der Waals surface area contributed by atoms with Gasteiger partial charge in [-0.15, -0.1) is 0 Å². The first-order valence-corrected chi connectivity index (χ1v) is 9.99. The lowest BCUT2D eigenvalue weighted by Gasteiger charge is -2.32. The summed E-state index contributed by atoms with van der Waals surface area (Å²) in [4.78, 5) is 23.8. The van der Waals surface area contributed by atoms with Crippen molar-refractivity contribution in [3.63, 3.8) is 0 Å². The van der Waals surface area contributed by atoms with E-state index < -0.39 is 52.8 Å². The Morgan fingerprint density at radius 1 is 1.20 bits per heavy atom. The van der Waals surface area contributed by atoms with Gasteiger partial charge < -0.3 is 16.0 Å². The Balaban J connectivity index is 1.76. The summed E-state index contributed by atoms with van der Waals surface area (Å²) >= 11 is 5.67.